The lowest BCUT2D eigenvalue weighted by molar-refractivity contribution is -0.0880. The summed E-state index contributed by atoms with van der Waals surface area (Å²) in [5.74, 6) is 1.01. The lowest BCUT2D eigenvalue weighted by atomic mass is 9.46. The van der Waals surface area contributed by atoms with Crippen molar-refractivity contribution in [3.05, 3.63) is 59.2 Å². The molecule has 0 spiro atoms. The lowest BCUT2D eigenvalue weighted by Gasteiger charge is -2.59. The first kappa shape index (κ1) is 17.1. The third-order valence-corrected chi connectivity index (χ3v) is 7.78. The van der Waals surface area contributed by atoms with Gasteiger partial charge in [-0.05, 0) is 72.3 Å². The van der Waals surface area contributed by atoms with Crippen LogP contribution >= 0.6 is 0 Å². The van der Waals surface area contributed by atoms with Crippen molar-refractivity contribution in [2.75, 3.05) is 0 Å². The second kappa shape index (κ2) is 6.13. The smallest absolute Gasteiger partial charge is 0.0823 e. The number of aliphatic hydroxyl groups is 1. The van der Waals surface area contributed by atoms with Crippen LogP contribution in [0.1, 0.15) is 71.0 Å². The summed E-state index contributed by atoms with van der Waals surface area (Å²) in [5.41, 5.74) is 4.94. The van der Waals surface area contributed by atoms with Gasteiger partial charge in [-0.3, -0.25) is 0 Å². The monoisotopic (exact) mass is 336 g/mol. The van der Waals surface area contributed by atoms with Crippen molar-refractivity contribution in [1.82, 2.24) is 0 Å². The van der Waals surface area contributed by atoms with Crippen LogP contribution in [0.4, 0.5) is 0 Å². The zero-order valence-electron chi connectivity index (χ0n) is 16.0. The topological polar surface area (TPSA) is 20.2 Å². The SMILES string of the molecule is CC1(C)[C@@H]([C@@H](O)c2ccccc2)CC[C@]2(C)C3=C(C=CCC3)CC[C@@H]12. The first-order chi connectivity index (χ1) is 11.9. The van der Waals surface area contributed by atoms with E-state index in [1.807, 2.05) is 18.2 Å². The molecule has 1 aromatic rings. The van der Waals surface area contributed by atoms with E-state index in [0.717, 1.165) is 12.0 Å². The molecule has 4 atom stereocenters. The lowest BCUT2D eigenvalue weighted by Crippen LogP contribution is -2.51. The fraction of sp³-hybridized carbons (Fsp3) is 0.583. The van der Waals surface area contributed by atoms with E-state index in [1.54, 1.807) is 11.1 Å². The van der Waals surface area contributed by atoms with Crippen LogP contribution in [0.15, 0.2) is 53.6 Å². The van der Waals surface area contributed by atoms with E-state index in [0.29, 0.717) is 17.3 Å². The minimum atomic E-state index is -0.345. The van der Waals surface area contributed by atoms with Crippen LogP contribution < -0.4 is 0 Å². The average Bonchev–Trinajstić information content (AvgIpc) is 2.62. The maximum Gasteiger partial charge on any atom is 0.0823 e. The first-order valence-electron chi connectivity index (χ1n) is 10.1. The maximum absolute atomic E-state index is 11.2. The molecule has 3 aliphatic carbocycles. The van der Waals surface area contributed by atoms with Gasteiger partial charge in [-0.1, -0.05) is 68.8 Å². The maximum atomic E-state index is 11.2. The molecule has 0 radical (unpaired) electrons. The normalized spacial score (nSPS) is 35.0. The zero-order chi connectivity index (χ0) is 17.7. The fourth-order valence-corrected chi connectivity index (χ4v) is 6.48. The molecule has 25 heavy (non-hydrogen) atoms. The molecule has 0 heterocycles. The molecule has 1 nitrogen and oxygen atoms in total. The highest BCUT2D eigenvalue weighted by Crippen LogP contribution is 2.64. The molecule has 0 aliphatic heterocycles. The van der Waals surface area contributed by atoms with E-state index in [2.05, 4.69) is 45.1 Å². The van der Waals surface area contributed by atoms with E-state index in [-0.39, 0.29) is 11.5 Å². The van der Waals surface area contributed by atoms with E-state index in [4.69, 9.17) is 0 Å². The van der Waals surface area contributed by atoms with Crippen molar-refractivity contribution in [1.29, 1.82) is 0 Å². The molecule has 0 saturated heterocycles. The van der Waals surface area contributed by atoms with E-state index >= 15 is 0 Å². The van der Waals surface area contributed by atoms with Gasteiger partial charge in [-0.2, -0.15) is 0 Å². The molecule has 3 aliphatic rings. The summed E-state index contributed by atoms with van der Waals surface area (Å²) in [6, 6.07) is 10.3. The van der Waals surface area contributed by atoms with Gasteiger partial charge in [0.25, 0.3) is 0 Å². The Balaban J connectivity index is 1.67. The number of rotatable bonds is 2. The van der Waals surface area contributed by atoms with Crippen LogP contribution in [0.3, 0.4) is 0 Å². The molecule has 1 N–H and O–H groups in total. The van der Waals surface area contributed by atoms with E-state index < -0.39 is 0 Å². The minimum absolute atomic E-state index is 0.155. The molecule has 1 aromatic carbocycles. The van der Waals surface area contributed by atoms with Crippen LogP contribution in [0.2, 0.25) is 0 Å². The van der Waals surface area contributed by atoms with Gasteiger partial charge in [0.15, 0.2) is 0 Å². The van der Waals surface area contributed by atoms with Crippen LogP contribution in [-0.2, 0) is 0 Å². The van der Waals surface area contributed by atoms with Crippen LogP contribution in [0.25, 0.3) is 0 Å². The van der Waals surface area contributed by atoms with Gasteiger partial charge in [-0.15, -0.1) is 0 Å². The Labute approximate surface area is 152 Å². The summed E-state index contributed by atoms with van der Waals surface area (Å²) in [7, 11) is 0. The predicted octanol–water partition coefficient (Wildman–Crippen LogP) is 6.22. The molecule has 134 valence electrons. The van der Waals surface area contributed by atoms with Gasteiger partial charge in [0, 0.05) is 0 Å². The fourth-order valence-electron chi connectivity index (χ4n) is 6.48. The molecular weight excluding hydrogens is 304 g/mol. The summed E-state index contributed by atoms with van der Waals surface area (Å²) in [6.07, 6.45) is 11.7. The second-order valence-electron chi connectivity index (χ2n) is 9.28. The third-order valence-electron chi connectivity index (χ3n) is 7.78. The van der Waals surface area contributed by atoms with E-state index in [9.17, 15) is 5.11 Å². The Morgan fingerprint density at radius 1 is 1.04 bits per heavy atom. The molecule has 1 fully saturated rings. The average molecular weight is 337 g/mol. The van der Waals surface area contributed by atoms with Crippen LogP contribution in [0.5, 0.6) is 0 Å². The van der Waals surface area contributed by atoms with E-state index in [1.165, 1.54) is 32.1 Å². The Bertz CT molecular complexity index is 696. The van der Waals surface area contributed by atoms with Crippen molar-refractivity contribution in [2.24, 2.45) is 22.7 Å². The minimum Gasteiger partial charge on any atom is -0.388 e. The molecule has 0 bridgehead atoms. The van der Waals surface area contributed by atoms with Gasteiger partial charge in [-0.25, -0.2) is 0 Å². The van der Waals surface area contributed by atoms with Crippen molar-refractivity contribution in [3.63, 3.8) is 0 Å². The Hall–Kier alpha value is -1.34. The van der Waals surface area contributed by atoms with Crippen molar-refractivity contribution in [3.8, 4) is 0 Å². The molecule has 4 rings (SSSR count). The Kier molecular flexibility index (Phi) is 4.19. The molecule has 1 saturated carbocycles. The summed E-state index contributed by atoms with van der Waals surface area (Å²) in [5, 5.41) is 11.2. The predicted molar refractivity (Wildman–Crippen MR) is 104 cm³/mol. The van der Waals surface area contributed by atoms with Crippen LogP contribution in [-0.4, -0.2) is 5.11 Å². The quantitative estimate of drug-likeness (QED) is 0.680. The first-order valence-corrected chi connectivity index (χ1v) is 10.1. The third kappa shape index (κ3) is 2.63. The number of hydrogen-bond acceptors (Lipinski definition) is 1. The van der Waals surface area contributed by atoms with Gasteiger partial charge in [0.1, 0.15) is 0 Å². The zero-order valence-corrected chi connectivity index (χ0v) is 16.0. The van der Waals surface area contributed by atoms with Gasteiger partial charge < -0.3 is 5.11 Å². The number of allylic oxidation sites excluding steroid dienone is 4. The summed E-state index contributed by atoms with van der Waals surface area (Å²) in [6.45, 7) is 7.38. The molecule has 0 unspecified atom stereocenters. The molecule has 0 amide bonds. The van der Waals surface area contributed by atoms with Crippen molar-refractivity contribution >= 4 is 0 Å². The van der Waals surface area contributed by atoms with Crippen molar-refractivity contribution in [2.45, 2.75) is 65.4 Å². The number of benzene rings is 1. The standard InChI is InChI=1S/C24H32O/c1-23(2)20(22(25)18-10-5-4-6-11-18)15-16-24(3)19-12-8-7-9-17(19)13-14-21(23)24/h4-7,9-11,20-22,25H,8,12-16H2,1-3H3/t20-,21+,22+,24-/m1/s1. The van der Waals surface area contributed by atoms with Crippen LogP contribution in [0, 0.1) is 22.7 Å². The molecular formula is C24H32O. The Morgan fingerprint density at radius 3 is 2.56 bits per heavy atom. The second-order valence-corrected chi connectivity index (χ2v) is 9.28. The van der Waals surface area contributed by atoms with Crippen molar-refractivity contribution < 1.29 is 5.11 Å². The number of hydrogen-bond donors (Lipinski definition) is 1. The molecule has 1 heteroatoms. The highest BCUT2D eigenvalue weighted by atomic mass is 16.3. The summed E-state index contributed by atoms with van der Waals surface area (Å²) < 4.78 is 0. The number of fused-ring (bicyclic) bond motifs is 2. The highest BCUT2D eigenvalue weighted by molar-refractivity contribution is 5.38. The number of aliphatic hydroxyl groups excluding tert-OH is 1. The highest BCUT2D eigenvalue weighted by Gasteiger charge is 2.55. The van der Waals surface area contributed by atoms with Gasteiger partial charge in [0.05, 0.1) is 6.10 Å². The van der Waals surface area contributed by atoms with Gasteiger partial charge in [0.2, 0.25) is 0 Å². The largest absolute Gasteiger partial charge is 0.388 e. The Morgan fingerprint density at radius 2 is 1.80 bits per heavy atom. The molecule has 0 aromatic heterocycles. The van der Waals surface area contributed by atoms with Gasteiger partial charge >= 0.3 is 0 Å². The summed E-state index contributed by atoms with van der Waals surface area (Å²) in [4.78, 5) is 0. The summed E-state index contributed by atoms with van der Waals surface area (Å²) >= 11 is 0.